The Morgan fingerprint density at radius 2 is 2.00 bits per heavy atom. The standard InChI is InChI=1S/C12H23NO2/c1-11(2)8-6-7-9(11)13(5)12(3,4)10(14)15/h9H,6-8H2,1-5H3,(H,14,15). The van der Waals surface area contributed by atoms with Crippen LogP contribution in [0.4, 0.5) is 0 Å². The van der Waals surface area contributed by atoms with Gasteiger partial charge in [-0.1, -0.05) is 20.3 Å². The van der Waals surface area contributed by atoms with E-state index in [4.69, 9.17) is 0 Å². The number of hydrogen-bond acceptors (Lipinski definition) is 2. The van der Waals surface area contributed by atoms with E-state index in [-0.39, 0.29) is 5.41 Å². The van der Waals surface area contributed by atoms with E-state index in [0.717, 1.165) is 6.42 Å². The molecule has 0 aliphatic heterocycles. The predicted molar refractivity (Wildman–Crippen MR) is 60.9 cm³/mol. The normalized spacial score (nSPS) is 25.9. The first-order valence-corrected chi connectivity index (χ1v) is 5.66. The number of aliphatic carboxylic acids is 1. The first-order valence-electron chi connectivity index (χ1n) is 5.66. The average Bonchev–Trinajstić information content (AvgIpc) is 2.43. The van der Waals surface area contributed by atoms with Gasteiger partial charge in [0.25, 0.3) is 0 Å². The first kappa shape index (κ1) is 12.5. The second kappa shape index (κ2) is 3.78. The minimum atomic E-state index is -0.772. The van der Waals surface area contributed by atoms with E-state index in [1.807, 2.05) is 11.9 Å². The van der Waals surface area contributed by atoms with Gasteiger partial charge < -0.3 is 5.11 Å². The van der Waals surface area contributed by atoms with Crippen molar-refractivity contribution >= 4 is 5.97 Å². The minimum absolute atomic E-state index is 0.238. The Bertz CT molecular complexity index is 258. The topological polar surface area (TPSA) is 40.5 Å². The van der Waals surface area contributed by atoms with E-state index in [1.165, 1.54) is 12.8 Å². The van der Waals surface area contributed by atoms with Crippen LogP contribution in [0.25, 0.3) is 0 Å². The highest BCUT2D eigenvalue weighted by Crippen LogP contribution is 2.42. The van der Waals surface area contributed by atoms with Crippen molar-refractivity contribution in [1.82, 2.24) is 4.90 Å². The fraction of sp³-hybridized carbons (Fsp3) is 0.917. The van der Waals surface area contributed by atoms with Gasteiger partial charge in [-0.05, 0) is 39.2 Å². The molecule has 0 heterocycles. The summed E-state index contributed by atoms with van der Waals surface area (Å²) in [6.45, 7) is 8.03. The molecule has 3 heteroatoms. The van der Waals surface area contributed by atoms with Gasteiger partial charge in [0.05, 0.1) is 0 Å². The fourth-order valence-corrected chi connectivity index (χ4v) is 2.57. The Labute approximate surface area is 92.5 Å². The van der Waals surface area contributed by atoms with Gasteiger partial charge in [-0.2, -0.15) is 0 Å². The molecule has 1 aliphatic rings. The smallest absolute Gasteiger partial charge is 0.323 e. The van der Waals surface area contributed by atoms with Crippen molar-refractivity contribution in [1.29, 1.82) is 0 Å². The Morgan fingerprint density at radius 3 is 2.33 bits per heavy atom. The number of likely N-dealkylation sites (N-methyl/N-ethyl adjacent to an activating group) is 1. The molecule has 1 N–H and O–H groups in total. The first-order chi connectivity index (χ1) is 6.69. The molecule has 0 amide bonds. The highest BCUT2D eigenvalue weighted by atomic mass is 16.4. The quantitative estimate of drug-likeness (QED) is 0.782. The van der Waals surface area contributed by atoms with Crippen LogP contribution in [0, 0.1) is 5.41 Å². The summed E-state index contributed by atoms with van der Waals surface area (Å²) in [5.41, 5.74) is -0.534. The van der Waals surface area contributed by atoms with Crippen LogP contribution in [-0.2, 0) is 4.79 Å². The highest BCUT2D eigenvalue weighted by molar-refractivity contribution is 5.77. The number of rotatable bonds is 3. The number of carbonyl (C=O) groups is 1. The summed E-state index contributed by atoms with van der Waals surface area (Å²) < 4.78 is 0. The van der Waals surface area contributed by atoms with Crippen LogP contribution in [0.5, 0.6) is 0 Å². The van der Waals surface area contributed by atoms with Crippen molar-refractivity contribution in [2.24, 2.45) is 5.41 Å². The number of carboxylic acids is 1. The van der Waals surface area contributed by atoms with E-state index in [9.17, 15) is 9.90 Å². The Balaban J connectivity index is 2.85. The maximum Gasteiger partial charge on any atom is 0.323 e. The molecule has 1 saturated carbocycles. The molecule has 0 aromatic carbocycles. The third-order valence-electron chi connectivity index (χ3n) is 4.07. The summed E-state index contributed by atoms with van der Waals surface area (Å²) in [5, 5.41) is 9.20. The molecule has 88 valence electrons. The monoisotopic (exact) mass is 213 g/mol. The van der Waals surface area contributed by atoms with Gasteiger partial charge in [-0.3, -0.25) is 9.69 Å². The Hall–Kier alpha value is -0.570. The largest absolute Gasteiger partial charge is 0.480 e. The molecule has 1 fully saturated rings. The summed E-state index contributed by atoms with van der Waals surface area (Å²) in [5.74, 6) is -0.743. The number of hydrogen-bond donors (Lipinski definition) is 1. The summed E-state index contributed by atoms with van der Waals surface area (Å²) in [4.78, 5) is 13.2. The van der Waals surface area contributed by atoms with Crippen molar-refractivity contribution in [3.8, 4) is 0 Å². The fourth-order valence-electron chi connectivity index (χ4n) is 2.57. The van der Waals surface area contributed by atoms with Crippen LogP contribution < -0.4 is 0 Å². The highest BCUT2D eigenvalue weighted by Gasteiger charge is 2.44. The average molecular weight is 213 g/mol. The van der Waals surface area contributed by atoms with Gasteiger partial charge >= 0.3 is 5.97 Å². The lowest BCUT2D eigenvalue weighted by atomic mass is 9.84. The van der Waals surface area contributed by atoms with Gasteiger partial charge in [0, 0.05) is 6.04 Å². The zero-order valence-corrected chi connectivity index (χ0v) is 10.5. The van der Waals surface area contributed by atoms with E-state index < -0.39 is 11.5 Å². The summed E-state index contributed by atoms with van der Waals surface area (Å²) in [7, 11) is 1.94. The van der Waals surface area contributed by atoms with E-state index in [2.05, 4.69) is 13.8 Å². The lowest BCUT2D eigenvalue weighted by Crippen LogP contribution is -2.55. The van der Waals surface area contributed by atoms with Gasteiger partial charge in [0.1, 0.15) is 5.54 Å². The lowest BCUT2D eigenvalue weighted by molar-refractivity contribution is -0.151. The molecule has 3 nitrogen and oxygen atoms in total. The Kier molecular flexibility index (Phi) is 3.15. The number of carboxylic acid groups (broad SMARTS) is 1. The molecule has 0 saturated heterocycles. The van der Waals surface area contributed by atoms with Gasteiger partial charge in [0.15, 0.2) is 0 Å². The second-order valence-corrected chi connectivity index (χ2v) is 5.87. The molecule has 0 radical (unpaired) electrons. The van der Waals surface area contributed by atoms with Crippen LogP contribution >= 0.6 is 0 Å². The molecule has 0 bridgehead atoms. The van der Waals surface area contributed by atoms with Crippen molar-refractivity contribution in [3.63, 3.8) is 0 Å². The van der Waals surface area contributed by atoms with E-state index in [0.29, 0.717) is 6.04 Å². The number of nitrogens with zero attached hydrogens (tertiary/aromatic N) is 1. The summed E-state index contributed by atoms with van der Waals surface area (Å²) in [6.07, 6.45) is 3.51. The van der Waals surface area contributed by atoms with Crippen molar-refractivity contribution in [2.45, 2.75) is 58.5 Å². The summed E-state index contributed by atoms with van der Waals surface area (Å²) >= 11 is 0. The van der Waals surface area contributed by atoms with Crippen molar-refractivity contribution in [3.05, 3.63) is 0 Å². The third kappa shape index (κ3) is 2.17. The molecule has 15 heavy (non-hydrogen) atoms. The van der Waals surface area contributed by atoms with Crippen LogP contribution in [0.1, 0.15) is 47.0 Å². The minimum Gasteiger partial charge on any atom is -0.480 e. The maximum absolute atomic E-state index is 11.2. The van der Waals surface area contributed by atoms with Crippen molar-refractivity contribution < 1.29 is 9.90 Å². The SMILES string of the molecule is CN(C1CCCC1(C)C)C(C)(C)C(=O)O. The zero-order valence-electron chi connectivity index (χ0n) is 10.5. The van der Waals surface area contributed by atoms with Crippen molar-refractivity contribution in [2.75, 3.05) is 7.05 Å². The molecule has 0 spiro atoms. The molecule has 1 aliphatic carbocycles. The lowest BCUT2D eigenvalue weighted by Gasteiger charge is -2.42. The van der Waals surface area contributed by atoms with Gasteiger partial charge in [0.2, 0.25) is 0 Å². The summed E-state index contributed by atoms with van der Waals surface area (Å²) in [6, 6.07) is 0.378. The predicted octanol–water partition coefficient (Wildman–Crippen LogP) is 2.36. The molecule has 0 aromatic rings. The molecule has 1 unspecified atom stereocenters. The van der Waals surface area contributed by atoms with Crippen LogP contribution in [0.3, 0.4) is 0 Å². The van der Waals surface area contributed by atoms with Gasteiger partial charge in [-0.25, -0.2) is 0 Å². The zero-order chi connectivity index (χ0) is 11.9. The molecular weight excluding hydrogens is 190 g/mol. The molecule has 1 atom stereocenters. The van der Waals surface area contributed by atoms with E-state index in [1.54, 1.807) is 13.8 Å². The molecule has 0 aromatic heterocycles. The second-order valence-electron chi connectivity index (χ2n) is 5.87. The van der Waals surface area contributed by atoms with Gasteiger partial charge in [-0.15, -0.1) is 0 Å². The third-order valence-corrected chi connectivity index (χ3v) is 4.07. The molecular formula is C12H23NO2. The van der Waals surface area contributed by atoms with Crippen LogP contribution in [0.15, 0.2) is 0 Å². The Morgan fingerprint density at radius 1 is 1.47 bits per heavy atom. The maximum atomic E-state index is 11.2. The van der Waals surface area contributed by atoms with Crippen LogP contribution in [0.2, 0.25) is 0 Å². The molecule has 1 rings (SSSR count). The van der Waals surface area contributed by atoms with E-state index >= 15 is 0 Å². The van der Waals surface area contributed by atoms with Crippen LogP contribution in [-0.4, -0.2) is 34.6 Å².